The van der Waals surface area contributed by atoms with Crippen molar-refractivity contribution in [1.29, 1.82) is 0 Å². The zero-order chi connectivity index (χ0) is 41.3. The minimum absolute atomic E-state index is 0.279. The third-order valence-corrected chi connectivity index (χ3v) is 13.8. The molecule has 0 aromatic rings. The summed E-state index contributed by atoms with van der Waals surface area (Å²) in [6, 6.07) is 0. The van der Waals surface area contributed by atoms with Crippen molar-refractivity contribution < 1.29 is 53.5 Å². The van der Waals surface area contributed by atoms with Crippen LogP contribution in [0.2, 0.25) is 0 Å². The van der Waals surface area contributed by atoms with Gasteiger partial charge in [0.1, 0.15) is 0 Å². The van der Waals surface area contributed by atoms with Crippen LogP contribution in [0.4, 0.5) is 0 Å². The summed E-state index contributed by atoms with van der Waals surface area (Å²) in [5.41, 5.74) is 0. The Morgan fingerprint density at radius 3 is 0.673 bits per heavy atom. The van der Waals surface area contributed by atoms with E-state index in [-0.39, 0.29) is 19.3 Å². The van der Waals surface area contributed by atoms with E-state index in [0.29, 0.717) is 19.3 Å². The Bertz CT molecular complexity index is 840. The molecule has 0 aliphatic rings. The van der Waals surface area contributed by atoms with Crippen LogP contribution in [-0.2, 0) is 22.8 Å². The van der Waals surface area contributed by atoms with E-state index in [4.69, 9.17) is 8.44 Å². The molecule has 6 N–H and O–H groups in total. The van der Waals surface area contributed by atoms with Crippen LogP contribution in [0.3, 0.4) is 0 Å². The van der Waals surface area contributed by atoms with Crippen LogP contribution in [-0.4, -0.2) is 89.0 Å². The topological polar surface area (TPSA) is 200 Å². The number of rotatable bonds is 39. The van der Waals surface area contributed by atoms with Gasteiger partial charge in [0.25, 0.3) is 0 Å². The van der Waals surface area contributed by atoms with Crippen molar-refractivity contribution in [2.75, 3.05) is 0 Å². The Morgan fingerprint density at radius 1 is 0.327 bits per heavy atom. The molecule has 0 heterocycles. The number of carbonyl (C=O) groups is 3. The van der Waals surface area contributed by atoms with Gasteiger partial charge in [0.2, 0.25) is 0 Å². The van der Waals surface area contributed by atoms with Crippen molar-refractivity contribution >= 4 is 41.0 Å². The smallest absolute Gasteiger partial charge is 0.0654 e. The quantitative estimate of drug-likeness (QED) is 0.0195. The second-order valence-corrected chi connectivity index (χ2v) is 19.5. The van der Waals surface area contributed by atoms with Crippen molar-refractivity contribution in [2.24, 2.45) is 0 Å². The molecule has 0 bridgehead atoms. The van der Waals surface area contributed by atoms with E-state index in [2.05, 4.69) is 20.8 Å². The van der Waals surface area contributed by atoms with Crippen LogP contribution < -0.4 is 0 Å². The van der Waals surface area contributed by atoms with Gasteiger partial charge in [-0.25, -0.2) is 0 Å². The molecule has 0 rings (SSSR count). The number of hydrogen-bond donors (Lipinski definition) is 6. The second kappa shape index (κ2) is 34.0. The fourth-order valence-electron chi connectivity index (χ4n) is 6.36. The molecule has 0 aliphatic carbocycles. The minimum atomic E-state index is -5.25. The summed E-state index contributed by atoms with van der Waals surface area (Å²) in [4.78, 5) is 38.6. The van der Waals surface area contributed by atoms with Crippen LogP contribution in [0, 0.1) is 0 Å². The van der Waals surface area contributed by atoms with E-state index in [1.54, 1.807) is 0 Å². The van der Waals surface area contributed by atoms with E-state index in [1.807, 2.05) is 0 Å². The van der Waals surface area contributed by atoms with Crippen LogP contribution in [0.25, 0.3) is 0 Å². The zero-order valence-electron chi connectivity index (χ0n) is 34.9. The maximum absolute atomic E-state index is 12.9. The molecule has 0 saturated heterocycles. The molecule has 0 aromatic carbocycles. The summed E-state index contributed by atoms with van der Waals surface area (Å²) in [5.74, 6) is -13.9. The average molecular weight is 987 g/mol. The Kier molecular flexibility index (Phi) is 33.4. The van der Waals surface area contributed by atoms with Gasteiger partial charge in [-0.15, -0.1) is 0 Å². The van der Waals surface area contributed by atoms with E-state index in [0.717, 1.165) is 77.0 Å². The first-order valence-corrected chi connectivity index (χ1v) is 26.3. The van der Waals surface area contributed by atoms with Crippen molar-refractivity contribution in [2.45, 2.75) is 250 Å². The fourth-order valence-corrected chi connectivity index (χ4v) is 10.1. The number of aliphatic hydroxyl groups is 6. The van der Waals surface area contributed by atoms with Crippen molar-refractivity contribution in [3.05, 3.63) is 0 Å². The summed E-state index contributed by atoms with van der Waals surface area (Å²) in [6.45, 7) is 6.51. The molecule has 0 amide bonds. The summed E-state index contributed by atoms with van der Waals surface area (Å²) < 4.78 is 15.1. The fraction of sp³-hybridized carbons (Fsp3) is 0.929. The summed E-state index contributed by atoms with van der Waals surface area (Å²) >= 11 is -5.25. The molecule has 0 fully saturated rings. The van der Waals surface area contributed by atoms with Crippen molar-refractivity contribution in [1.82, 2.24) is 0 Å². The summed E-state index contributed by atoms with van der Waals surface area (Å²) in [6.07, 6.45) is 28.2. The molecule has 0 aliphatic heterocycles. The maximum atomic E-state index is 12.9. The number of unbranched alkanes of at least 4 members (excludes halogenated alkanes) is 27. The molecule has 12 nitrogen and oxygen atoms in total. The SMILES string of the molecule is CCCCCCCCCCCCC(O)(O)C(=O)[O][Bi]([O]C(=O)C(O)(O)CCCCCCCCCCCC)[O]C(=O)C(O)(O)CCCCCCCCCCCC. The first kappa shape index (κ1) is 54.1. The molecule has 0 saturated carbocycles. The molecule has 0 aromatic heterocycles. The second-order valence-electron chi connectivity index (χ2n) is 15.6. The molecular formula is C42H81BiO12. The van der Waals surface area contributed by atoms with Gasteiger partial charge in [-0.2, -0.15) is 0 Å². The van der Waals surface area contributed by atoms with Crippen LogP contribution >= 0.6 is 0 Å². The van der Waals surface area contributed by atoms with Gasteiger partial charge in [-0.3, -0.25) is 0 Å². The Labute approximate surface area is 343 Å². The van der Waals surface area contributed by atoms with Gasteiger partial charge in [-0.05, 0) is 0 Å². The van der Waals surface area contributed by atoms with Crippen molar-refractivity contribution in [3.63, 3.8) is 0 Å². The molecule has 0 atom stereocenters. The zero-order valence-corrected chi connectivity index (χ0v) is 38.4. The average Bonchev–Trinajstić information content (AvgIpc) is 3.13. The number of hydrogen-bond acceptors (Lipinski definition) is 12. The van der Waals surface area contributed by atoms with E-state index in [9.17, 15) is 45.0 Å². The first-order chi connectivity index (χ1) is 26.2. The van der Waals surface area contributed by atoms with Crippen LogP contribution in [0.15, 0.2) is 0 Å². The van der Waals surface area contributed by atoms with Gasteiger partial charge in [-0.1, -0.05) is 59.3 Å². The summed E-state index contributed by atoms with van der Waals surface area (Å²) in [7, 11) is 0. The Hall–Kier alpha value is -0.947. The monoisotopic (exact) mass is 987 g/mol. The third kappa shape index (κ3) is 29.9. The van der Waals surface area contributed by atoms with Gasteiger partial charge in [0.05, 0.1) is 0 Å². The van der Waals surface area contributed by atoms with Crippen molar-refractivity contribution in [3.8, 4) is 0 Å². The standard InChI is InChI=1S/3C14H28O4.Bi/c3*1-2-3-4-5-6-7-8-9-10-11-12-14(17,18)13(15)16;/h3*17-18H,2-12H2,1H3,(H,15,16);/q;;;+3/p-3. The predicted octanol–water partition coefficient (Wildman–Crippen LogP) is 8.58. The van der Waals surface area contributed by atoms with E-state index in [1.165, 1.54) is 77.0 Å². The molecule has 55 heavy (non-hydrogen) atoms. The Morgan fingerprint density at radius 2 is 0.491 bits per heavy atom. The molecular weight excluding hydrogens is 905 g/mol. The van der Waals surface area contributed by atoms with Gasteiger partial charge >= 0.3 is 285 Å². The molecule has 0 spiro atoms. The molecule has 326 valence electrons. The van der Waals surface area contributed by atoms with E-state index >= 15 is 0 Å². The normalized spacial score (nSPS) is 12.3. The molecule has 0 unspecified atom stereocenters. The first-order valence-electron chi connectivity index (χ1n) is 22.0. The van der Waals surface area contributed by atoms with Gasteiger partial charge in [0.15, 0.2) is 0 Å². The van der Waals surface area contributed by atoms with Crippen LogP contribution in [0.5, 0.6) is 0 Å². The predicted molar refractivity (Wildman–Crippen MR) is 215 cm³/mol. The molecule has 0 radical (unpaired) electrons. The summed E-state index contributed by atoms with van der Waals surface area (Å²) in [5, 5.41) is 63.0. The Balaban J connectivity index is 5.16. The van der Waals surface area contributed by atoms with Gasteiger partial charge < -0.3 is 0 Å². The van der Waals surface area contributed by atoms with Crippen LogP contribution in [0.1, 0.15) is 233 Å². The minimum Gasteiger partial charge on any atom is -0.0654 e. The van der Waals surface area contributed by atoms with E-state index < -0.39 is 77.6 Å². The third-order valence-electron chi connectivity index (χ3n) is 10.1. The number of carbonyl (C=O) groups excluding carboxylic acids is 3. The molecule has 13 heteroatoms. The van der Waals surface area contributed by atoms with Gasteiger partial charge in [0, 0.05) is 0 Å².